The fourth-order valence-corrected chi connectivity index (χ4v) is 3.33. The Balaban J connectivity index is 1.52. The van der Waals surface area contributed by atoms with E-state index in [1.54, 1.807) is 36.9 Å². The van der Waals surface area contributed by atoms with Crippen LogP contribution in [-0.2, 0) is 16.6 Å². The molecule has 1 N–H and O–H groups in total. The van der Waals surface area contributed by atoms with Crippen LogP contribution in [0, 0.1) is 13.8 Å². The molecule has 2 aromatic heterocycles. The molecule has 158 valence electrons. The molecule has 1 atom stereocenters. The van der Waals surface area contributed by atoms with Gasteiger partial charge in [-0.25, -0.2) is 4.79 Å². The molecular weight excluding hydrogens is 396 g/mol. The largest absolute Gasteiger partial charge is 0.449 e. The van der Waals surface area contributed by atoms with Crippen molar-refractivity contribution in [1.29, 1.82) is 0 Å². The van der Waals surface area contributed by atoms with E-state index in [1.165, 1.54) is 6.92 Å². The number of carbonyl (C=O) groups is 2. The van der Waals surface area contributed by atoms with Gasteiger partial charge in [-0.2, -0.15) is 5.10 Å². The Morgan fingerprint density at radius 1 is 1.13 bits per heavy atom. The van der Waals surface area contributed by atoms with Gasteiger partial charge in [0.2, 0.25) is 0 Å². The molecule has 4 aromatic rings. The van der Waals surface area contributed by atoms with Gasteiger partial charge in [0.05, 0.1) is 28.0 Å². The van der Waals surface area contributed by atoms with Crippen LogP contribution in [0.4, 0.5) is 5.69 Å². The van der Waals surface area contributed by atoms with E-state index < -0.39 is 18.0 Å². The topological polar surface area (TPSA) is 99.2 Å². The Morgan fingerprint density at radius 3 is 2.55 bits per heavy atom. The van der Waals surface area contributed by atoms with Crippen LogP contribution in [0.15, 0.2) is 53.1 Å². The number of aryl methyl sites for hydroxylation is 2. The number of hydrogen-bond donors (Lipinski definition) is 1. The molecule has 8 heteroatoms. The first-order valence-electron chi connectivity index (χ1n) is 9.82. The second-order valence-electron chi connectivity index (χ2n) is 7.32. The fourth-order valence-electron chi connectivity index (χ4n) is 3.33. The zero-order valence-corrected chi connectivity index (χ0v) is 17.7. The van der Waals surface area contributed by atoms with E-state index in [2.05, 4.69) is 15.6 Å². The number of nitrogens with zero attached hydrogens (tertiary/aromatic N) is 3. The third kappa shape index (κ3) is 3.92. The molecule has 0 unspecified atom stereocenters. The molecule has 0 aliphatic heterocycles. The van der Waals surface area contributed by atoms with E-state index in [1.807, 2.05) is 37.3 Å². The number of esters is 1. The minimum absolute atomic E-state index is 0.307. The summed E-state index contributed by atoms with van der Waals surface area (Å²) in [5.41, 5.74) is 3.92. The number of amides is 1. The van der Waals surface area contributed by atoms with Crippen LogP contribution in [0.1, 0.15) is 28.7 Å². The second kappa shape index (κ2) is 8.06. The molecule has 0 spiro atoms. The quantitative estimate of drug-likeness (QED) is 0.491. The predicted octanol–water partition coefficient (Wildman–Crippen LogP) is 4.03. The summed E-state index contributed by atoms with van der Waals surface area (Å²) in [7, 11) is 1.80. The Hall–Kier alpha value is -3.94. The summed E-state index contributed by atoms with van der Waals surface area (Å²) in [6.07, 6.45) is -0.988. The van der Waals surface area contributed by atoms with Crippen LogP contribution in [0.25, 0.3) is 22.2 Å². The summed E-state index contributed by atoms with van der Waals surface area (Å²) < 4.78 is 12.6. The maximum Gasteiger partial charge on any atom is 0.338 e. The lowest BCUT2D eigenvalue weighted by atomic mass is 10.1. The zero-order valence-electron chi connectivity index (χ0n) is 17.7. The summed E-state index contributed by atoms with van der Waals surface area (Å²) in [4.78, 5) is 25.2. The second-order valence-corrected chi connectivity index (χ2v) is 7.32. The van der Waals surface area contributed by atoms with Crippen molar-refractivity contribution in [1.82, 2.24) is 14.9 Å². The predicted molar refractivity (Wildman–Crippen MR) is 116 cm³/mol. The number of ether oxygens (including phenoxy) is 1. The van der Waals surface area contributed by atoms with Gasteiger partial charge < -0.3 is 14.6 Å². The van der Waals surface area contributed by atoms with Gasteiger partial charge in [0.1, 0.15) is 5.52 Å². The van der Waals surface area contributed by atoms with Crippen molar-refractivity contribution in [2.24, 2.45) is 7.05 Å². The smallest absolute Gasteiger partial charge is 0.338 e. The highest BCUT2D eigenvalue weighted by Gasteiger charge is 2.22. The van der Waals surface area contributed by atoms with E-state index in [-0.39, 0.29) is 0 Å². The van der Waals surface area contributed by atoms with Gasteiger partial charge in [-0.1, -0.05) is 35.5 Å². The summed E-state index contributed by atoms with van der Waals surface area (Å²) in [5.74, 6) is -0.466. The molecule has 0 saturated heterocycles. The van der Waals surface area contributed by atoms with Crippen LogP contribution in [0.3, 0.4) is 0 Å². The number of hydrogen-bond acceptors (Lipinski definition) is 6. The van der Waals surface area contributed by atoms with Gasteiger partial charge in [0, 0.05) is 12.6 Å². The normalized spacial score (nSPS) is 12.0. The van der Waals surface area contributed by atoms with Crippen LogP contribution in [0.2, 0.25) is 0 Å². The van der Waals surface area contributed by atoms with Crippen LogP contribution in [0.5, 0.6) is 0 Å². The SMILES string of the molecule is Cc1nn(C)c(C)c1NC(=O)[C@H](C)OC(=O)c1ccc2noc(-c3ccccc3)c2c1. The Morgan fingerprint density at radius 2 is 1.87 bits per heavy atom. The molecule has 1 amide bonds. The maximum absolute atomic E-state index is 12.7. The number of benzene rings is 2. The van der Waals surface area contributed by atoms with Crippen molar-refractivity contribution in [2.75, 3.05) is 5.32 Å². The van der Waals surface area contributed by atoms with Crippen molar-refractivity contribution >= 4 is 28.5 Å². The summed E-state index contributed by atoms with van der Waals surface area (Å²) in [5, 5.41) is 11.8. The van der Waals surface area contributed by atoms with Crippen LogP contribution >= 0.6 is 0 Å². The van der Waals surface area contributed by atoms with Crippen molar-refractivity contribution in [2.45, 2.75) is 26.9 Å². The van der Waals surface area contributed by atoms with Crippen LogP contribution in [-0.4, -0.2) is 32.9 Å². The summed E-state index contributed by atoms with van der Waals surface area (Å²) >= 11 is 0. The van der Waals surface area contributed by atoms with Crippen molar-refractivity contribution in [3.63, 3.8) is 0 Å². The minimum atomic E-state index is -0.988. The van der Waals surface area contributed by atoms with Gasteiger partial charge >= 0.3 is 5.97 Å². The van der Waals surface area contributed by atoms with Crippen LogP contribution < -0.4 is 5.32 Å². The van der Waals surface area contributed by atoms with Crippen molar-refractivity contribution < 1.29 is 18.8 Å². The van der Waals surface area contributed by atoms with E-state index in [0.29, 0.717) is 33.6 Å². The number of nitrogens with one attached hydrogen (secondary N) is 1. The first-order valence-corrected chi connectivity index (χ1v) is 9.82. The average molecular weight is 418 g/mol. The lowest BCUT2D eigenvalue weighted by Gasteiger charge is -2.14. The Bertz CT molecular complexity index is 1270. The van der Waals surface area contributed by atoms with E-state index in [4.69, 9.17) is 9.26 Å². The lowest BCUT2D eigenvalue weighted by Crippen LogP contribution is -2.30. The molecule has 4 rings (SSSR count). The highest BCUT2D eigenvalue weighted by molar-refractivity contribution is 6.01. The molecule has 0 saturated carbocycles. The molecule has 0 fully saturated rings. The number of aromatic nitrogens is 3. The van der Waals surface area contributed by atoms with Gasteiger partial charge in [0.15, 0.2) is 11.9 Å². The van der Waals surface area contributed by atoms with Gasteiger partial charge in [-0.15, -0.1) is 0 Å². The molecule has 0 aliphatic rings. The third-order valence-electron chi connectivity index (χ3n) is 5.16. The van der Waals surface area contributed by atoms with Gasteiger partial charge in [-0.3, -0.25) is 9.48 Å². The highest BCUT2D eigenvalue weighted by atomic mass is 16.5. The molecular formula is C23H22N4O4. The van der Waals surface area contributed by atoms with Gasteiger partial charge in [-0.05, 0) is 39.0 Å². The number of carbonyl (C=O) groups excluding carboxylic acids is 2. The summed E-state index contributed by atoms with van der Waals surface area (Å²) in [6.45, 7) is 5.18. The molecule has 2 aromatic carbocycles. The average Bonchev–Trinajstić information content (AvgIpc) is 3.29. The summed E-state index contributed by atoms with van der Waals surface area (Å²) in [6, 6.07) is 14.5. The fraction of sp³-hybridized carbons (Fsp3) is 0.217. The molecule has 2 heterocycles. The molecule has 0 radical (unpaired) electrons. The van der Waals surface area contributed by atoms with E-state index >= 15 is 0 Å². The standard InChI is InChI=1S/C23H22N4O4/c1-13-20(14(2)27(4)25-13)24-22(28)15(3)30-23(29)17-10-11-19-18(12-17)21(31-26-19)16-8-6-5-7-9-16/h5-12,15H,1-4H3,(H,24,28)/t15-/m0/s1. The molecule has 0 aliphatic carbocycles. The van der Waals surface area contributed by atoms with Crippen molar-refractivity contribution in [3.05, 3.63) is 65.5 Å². The van der Waals surface area contributed by atoms with Gasteiger partial charge in [0.25, 0.3) is 5.91 Å². The third-order valence-corrected chi connectivity index (χ3v) is 5.16. The first-order chi connectivity index (χ1) is 14.8. The monoisotopic (exact) mass is 418 g/mol. The zero-order chi connectivity index (χ0) is 22.1. The van der Waals surface area contributed by atoms with Crippen molar-refractivity contribution in [3.8, 4) is 11.3 Å². The Labute approximate surface area is 178 Å². The number of anilines is 1. The van der Waals surface area contributed by atoms with E-state index in [9.17, 15) is 9.59 Å². The highest BCUT2D eigenvalue weighted by Crippen LogP contribution is 2.29. The molecule has 8 nitrogen and oxygen atoms in total. The maximum atomic E-state index is 12.7. The number of rotatable bonds is 5. The van der Waals surface area contributed by atoms with E-state index in [0.717, 1.165) is 11.3 Å². The Kier molecular flexibility index (Phi) is 5.29. The first kappa shape index (κ1) is 20.3. The lowest BCUT2D eigenvalue weighted by molar-refractivity contribution is -0.123. The number of fused-ring (bicyclic) bond motifs is 1. The minimum Gasteiger partial charge on any atom is -0.449 e. The molecule has 0 bridgehead atoms. The molecule has 31 heavy (non-hydrogen) atoms.